The maximum absolute atomic E-state index is 13.3. The molecule has 1 aromatic heterocycles. The van der Waals surface area contributed by atoms with Crippen molar-refractivity contribution in [3.63, 3.8) is 0 Å². The van der Waals surface area contributed by atoms with Gasteiger partial charge in [-0.2, -0.15) is 0 Å². The number of aromatic nitrogens is 1. The monoisotopic (exact) mass is 384 g/mol. The van der Waals surface area contributed by atoms with Crippen LogP contribution in [0.15, 0.2) is 24.4 Å². The molecule has 0 spiro atoms. The Hall–Kier alpha value is -2.11. The van der Waals surface area contributed by atoms with Crippen LogP contribution in [0.25, 0.3) is 0 Å². The Morgan fingerprint density at radius 2 is 1.93 bits per heavy atom. The molecular formula is C22H32N4O2. The molecular weight excluding hydrogens is 352 g/mol. The summed E-state index contributed by atoms with van der Waals surface area (Å²) in [6.07, 6.45) is 7.94. The van der Waals surface area contributed by atoms with Crippen molar-refractivity contribution in [3.8, 4) is 0 Å². The summed E-state index contributed by atoms with van der Waals surface area (Å²) >= 11 is 0. The zero-order chi connectivity index (χ0) is 19.7. The summed E-state index contributed by atoms with van der Waals surface area (Å²) in [7, 11) is 3.70. The average Bonchev–Trinajstić information content (AvgIpc) is 3.33. The number of anilines is 1. The molecule has 152 valence electrons. The van der Waals surface area contributed by atoms with E-state index in [1.165, 1.54) is 12.8 Å². The Labute approximate surface area is 167 Å². The van der Waals surface area contributed by atoms with Crippen LogP contribution >= 0.6 is 0 Å². The quantitative estimate of drug-likeness (QED) is 0.803. The van der Waals surface area contributed by atoms with Gasteiger partial charge in [0, 0.05) is 58.3 Å². The molecule has 2 saturated heterocycles. The Bertz CT molecular complexity index is 717. The molecule has 1 aromatic rings. The summed E-state index contributed by atoms with van der Waals surface area (Å²) in [6.45, 7) is 2.96. The minimum Gasteiger partial charge on any atom is -0.355 e. The normalized spacial score (nSPS) is 28.1. The fourth-order valence-corrected chi connectivity index (χ4v) is 5.57. The minimum absolute atomic E-state index is 0.150. The van der Waals surface area contributed by atoms with Crippen LogP contribution in [-0.4, -0.2) is 66.9 Å². The summed E-state index contributed by atoms with van der Waals surface area (Å²) in [5.41, 5.74) is -0.425. The lowest BCUT2D eigenvalue weighted by Crippen LogP contribution is -2.48. The van der Waals surface area contributed by atoms with Crippen LogP contribution in [-0.2, 0) is 9.59 Å². The van der Waals surface area contributed by atoms with E-state index in [1.54, 1.807) is 11.1 Å². The molecule has 2 aliphatic heterocycles. The number of pyridine rings is 1. The van der Waals surface area contributed by atoms with Gasteiger partial charge in [-0.1, -0.05) is 18.9 Å². The van der Waals surface area contributed by atoms with Crippen molar-refractivity contribution in [1.29, 1.82) is 0 Å². The van der Waals surface area contributed by atoms with Gasteiger partial charge < -0.3 is 14.7 Å². The van der Waals surface area contributed by atoms with Gasteiger partial charge in [0.2, 0.25) is 11.8 Å². The second kappa shape index (κ2) is 7.72. The van der Waals surface area contributed by atoms with E-state index in [-0.39, 0.29) is 17.7 Å². The highest BCUT2D eigenvalue weighted by Crippen LogP contribution is 2.45. The fraction of sp³-hybridized carbons (Fsp3) is 0.682. The molecule has 28 heavy (non-hydrogen) atoms. The van der Waals surface area contributed by atoms with Crippen LogP contribution in [0.2, 0.25) is 0 Å². The van der Waals surface area contributed by atoms with Gasteiger partial charge in [-0.25, -0.2) is 4.98 Å². The molecule has 2 atom stereocenters. The average molecular weight is 385 g/mol. The summed E-state index contributed by atoms with van der Waals surface area (Å²) in [6, 6.07) is 5.92. The summed E-state index contributed by atoms with van der Waals surface area (Å²) in [5.74, 6) is 1.80. The molecule has 1 saturated carbocycles. The predicted molar refractivity (Wildman–Crippen MR) is 109 cm³/mol. The lowest BCUT2D eigenvalue weighted by molar-refractivity contribution is -0.142. The molecule has 2 amide bonds. The number of hydrogen-bond acceptors (Lipinski definition) is 4. The molecule has 6 nitrogen and oxygen atoms in total. The lowest BCUT2D eigenvalue weighted by atomic mass is 9.74. The van der Waals surface area contributed by atoms with E-state index in [0.29, 0.717) is 19.0 Å². The van der Waals surface area contributed by atoms with E-state index in [9.17, 15) is 9.59 Å². The second-order valence-corrected chi connectivity index (χ2v) is 8.99. The van der Waals surface area contributed by atoms with E-state index in [1.807, 2.05) is 32.3 Å². The molecule has 1 aliphatic carbocycles. The molecule has 0 N–H and O–H groups in total. The number of fused-ring (bicyclic) bond motifs is 1. The Morgan fingerprint density at radius 1 is 1.14 bits per heavy atom. The summed E-state index contributed by atoms with van der Waals surface area (Å²) < 4.78 is 0. The van der Waals surface area contributed by atoms with Gasteiger partial charge in [-0.3, -0.25) is 9.59 Å². The van der Waals surface area contributed by atoms with Crippen LogP contribution in [0.1, 0.15) is 38.5 Å². The van der Waals surface area contributed by atoms with Crippen LogP contribution in [0, 0.1) is 17.3 Å². The van der Waals surface area contributed by atoms with Crippen molar-refractivity contribution in [2.45, 2.75) is 38.5 Å². The molecule has 0 radical (unpaired) electrons. The lowest BCUT2D eigenvalue weighted by Gasteiger charge is -2.34. The molecule has 0 bridgehead atoms. The number of amides is 2. The molecule has 6 heteroatoms. The SMILES string of the molecule is CN(C)C(=O)[C@]12CCCN(C(=O)C3CCCC3)C[C@H]1CN(c1ccccn1)C2. The molecule has 0 unspecified atom stereocenters. The van der Waals surface area contributed by atoms with Gasteiger partial charge >= 0.3 is 0 Å². The third-order valence-electron chi connectivity index (χ3n) is 7.01. The van der Waals surface area contributed by atoms with Crippen molar-refractivity contribution >= 4 is 17.6 Å². The zero-order valence-corrected chi connectivity index (χ0v) is 17.1. The van der Waals surface area contributed by atoms with Crippen molar-refractivity contribution in [1.82, 2.24) is 14.8 Å². The number of carbonyl (C=O) groups is 2. The van der Waals surface area contributed by atoms with E-state index in [4.69, 9.17) is 0 Å². The van der Waals surface area contributed by atoms with E-state index in [0.717, 1.165) is 44.6 Å². The first-order valence-corrected chi connectivity index (χ1v) is 10.7. The van der Waals surface area contributed by atoms with Gasteiger partial charge in [-0.15, -0.1) is 0 Å². The number of hydrogen-bond donors (Lipinski definition) is 0. The van der Waals surface area contributed by atoms with Crippen molar-refractivity contribution < 1.29 is 9.59 Å². The van der Waals surface area contributed by atoms with E-state index < -0.39 is 5.41 Å². The smallest absolute Gasteiger partial charge is 0.230 e. The van der Waals surface area contributed by atoms with Crippen LogP contribution in [0.5, 0.6) is 0 Å². The number of carbonyl (C=O) groups excluding carboxylic acids is 2. The predicted octanol–water partition coefficient (Wildman–Crippen LogP) is 2.41. The zero-order valence-electron chi connectivity index (χ0n) is 17.1. The number of nitrogens with zero attached hydrogens (tertiary/aromatic N) is 4. The Balaban J connectivity index is 1.60. The molecule has 4 rings (SSSR count). The van der Waals surface area contributed by atoms with Gasteiger partial charge in [0.1, 0.15) is 5.82 Å². The van der Waals surface area contributed by atoms with E-state index >= 15 is 0 Å². The molecule has 3 fully saturated rings. The maximum atomic E-state index is 13.3. The Kier molecular flexibility index (Phi) is 5.30. The number of likely N-dealkylation sites (tertiary alicyclic amines) is 1. The second-order valence-electron chi connectivity index (χ2n) is 8.99. The van der Waals surface area contributed by atoms with Gasteiger partial charge in [0.25, 0.3) is 0 Å². The minimum atomic E-state index is -0.425. The first-order valence-electron chi connectivity index (χ1n) is 10.7. The first kappa shape index (κ1) is 19.2. The van der Waals surface area contributed by atoms with Crippen LogP contribution in [0.3, 0.4) is 0 Å². The van der Waals surface area contributed by atoms with Gasteiger partial charge in [0.15, 0.2) is 0 Å². The van der Waals surface area contributed by atoms with Gasteiger partial charge in [0.05, 0.1) is 5.41 Å². The van der Waals surface area contributed by atoms with Crippen molar-refractivity contribution in [2.24, 2.45) is 17.3 Å². The van der Waals surface area contributed by atoms with Gasteiger partial charge in [-0.05, 0) is 37.8 Å². The third-order valence-corrected chi connectivity index (χ3v) is 7.01. The third kappa shape index (κ3) is 3.38. The topological polar surface area (TPSA) is 56.8 Å². The highest BCUT2D eigenvalue weighted by molar-refractivity contribution is 5.85. The largest absolute Gasteiger partial charge is 0.355 e. The highest BCUT2D eigenvalue weighted by atomic mass is 16.2. The molecule has 3 heterocycles. The number of rotatable bonds is 3. The van der Waals surface area contributed by atoms with Crippen molar-refractivity contribution in [2.75, 3.05) is 45.2 Å². The molecule has 3 aliphatic rings. The van der Waals surface area contributed by atoms with E-state index in [2.05, 4.69) is 14.8 Å². The van der Waals surface area contributed by atoms with Crippen LogP contribution in [0.4, 0.5) is 5.82 Å². The standard InChI is InChI=1S/C22H32N4O2/c1-24(2)21(28)22-11-7-13-25(20(27)17-8-3-4-9-17)14-18(22)15-26(16-22)19-10-5-6-12-23-19/h5-6,10,12,17-18H,3-4,7-9,11,13-16H2,1-2H3/t18-,22-/m0/s1. The highest BCUT2D eigenvalue weighted by Gasteiger charge is 2.54. The van der Waals surface area contributed by atoms with Crippen LogP contribution < -0.4 is 4.90 Å². The summed E-state index contributed by atoms with van der Waals surface area (Å²) in [5, 5.41) is 0. The molecule has 0 aromatic carbocycles. The summed E-state index contributed by atoms with van der Waals surface area (Å²) in [4.78, 5) is 37.0. The van der Waals surface area contributed by atoms with Crippen molar-refractivity contribution in [3.05, 3.63) is 24.4 Å². The first-order chi connectivity index (χ1) is 13.5. The Morgan fingerprint density at radius 3 is 2.61 bits per heavy atom. The fourth-order valence-electron chi connectivity index (χ4n) is 5.57. The maximum Gasteiger partial charge on any atom is 0.230 e.